The van der Waals surface area contributed by atoms with Crippen molar-refractivity contribution < 1.29 is 51.9 Å². The maximum absolute atomic E-state index is 12.4. The number of carbonyl (C=O) groups is 4. The SMILES string of the molecule is C.C.C.CCCC(CCC)C(=O)Cl.CCCC(CCC)C(=O)N1C[C@H](O)C[C@H]1C(C)=O.O=C(OCc1ccccc1)[C@@H]1C[C@@H](O)C[NH2+]1.[Cl-]. The number of halogens is 2. The summed E-state index contributed by atoms with van der Waals surface area (Å²) in [6.07, 6.45) is 7.60. The van der Waals surface area contributed by atoms with Crippen molar-refractivity contribution in [3.05, 3.63) is 35.9 Å². The lowest BCUT2D eigenvalue weighted by Gasteiger charge is -2.27. The number of hydrogen-bond acceptors (Lipinski definition) is 7. The molecule has 2 heterocycles. The number of ether oxygens (including phenoxy) is 1. The molecule has 1 aromatic carbocycles. The number of β-amino-alcohol motifs (C(OH)–C–C–N with tert-alkyl or cyclic N) is 1. The van der Waals surface area contributed by atoms with Crippen LogP contribution in [0.25, 0.3) is 0 Å². The number of aliphatic hydroxyl groups is 2. The van der Waals surface area contributed by atoms with E-state index in [-0.39, 0.29) is 81.6 Å². The fourth-order valence-electron chi connectivity index (χ4n) is 5.67. The van der Waals surface area contributed by atoms with Gasteiger partial charge in [0.15, 0.2) is 11.8 Å². The predicted molar refractivity (Wildman–Crippen MR) is 192 cm³/mol. The van der Waals surface area contributed by atoms with Crippen LogP contribution < -0.4 is 17.7 Å². The molecule has 0 unspecified atom stereocenters. The summed E-state index contributed by atoms with van der Waals surface area (Å²) in [5.41, 5.74) is 0.981. The van der Waals surface area contributed by atoms with Crippen molar-refractivity contribution in [2.75, 3.05) is 13.1 Å². The van der Waals surface area contributed by atoms with Crippen LogP contribution in [-0.4, -0.2) is 75.4 Å². The molecule has 0 radical (unpaired) electrons. The summed E-state index contributed by atoms with van der Waals surface area (Å²) in [4.78, 5) is 47.9. The van der Waals surface area contributed by atoms with Gasteiger partial charge >= 0.3 is 5.97 Å². The molecule has 2 aliphatic heterocycles. The topological polar surface area (TPSA) is 138 Å². The van der Waals surface area contributed by atoms with Crippen molar-refractivity contribution in [1.29, 1.82) is 0 Å². The second-order valence-electron chi connectivity index (χ2n) is 11.9. The van der Waals surface area contributed by atoms with Gasteiger partial charge in [0.25, 0.3) is 0 Å². The van der Waals surface area contributed by atoms with E-state index in [0.29, 0.717) is 32.5 Å². The molecule has 0 saturated carbocycles. The number of amides is 1. The summed E-state index contributed by atoms with van der Waals surface area (Å²) in [7, 11) is 0. The lowest BCUT2D eigenvalue weighted by atomic mass is 9.96. The quantitative estimate of drug-likeness (QED) is 0.198. The second kappa shape index (κ2) is 29.8. The maximum Gasteiger partial charge on any atom is 0.365 e. The van der Waals surface area contributed by atoms with Crippen molar-refractivity contribution in [2.45, 2.75) is 152 Å². The molecule has 0 aromatic heterocycles. The first kappa shape index (κ1) is 52.8. The molecule has 4 atom stereocenters. The molecule has 9 nitrogen and oxygen atoms in total. The van der Waals surface area contributed by atoms with Crippen molar-refractivity contribution in [3.63, 3.8) is 0 Å². The molecule has 0 aliphatic carbocycles. The third kappa shape index (κ3) is 19.8. The summed E-state index contributed by atoms with van der Waals surface area (Å²) in [5.74, 6) is -0.0914. The van der Waals surface area contributed by atoms with Gasteiger partial charge in [0.2, 0.25) is 11.1 Å². The van der Waals surface area contributed by atoms with Crippen molar-refractivity contribution in [1.82, 2.24) is 4.90 Å². The minimum atomic E-state index is -0.549. The Bertz CT molecular complexity index is 987. The zero-order chi connectivity index (χ0) is 33.1. The van der Waals surface area contributed by atoms with Crippen LogP contribution in [0.1, 0.15) is 127 Å². The Morgan fingerprint density at radius 2 is 1.35 bits per heavy atom. The average Bonchev–Trinajstić information content (AvgIpc) is 3.62. The van der Waals surface area contributed by atoms with Crippen LogP contribution >= 0.6 is 11.6 Å². The average molecular weight is 724 g/mol. The number of benzene rings is 1. The maximum atomic E-state index is 12.4. The molecule has 4 N–H and O–H groups in total. The van der Waals surface area contributed by atoms with Gasteiger partial charge in [-0.05, 0) is 49.8 Å². The normalized spacial score (nSPS) is 19.2. The number of nitrogens with zero attached hydrogens (tertiary/aromatic N) is 1. The predicted octanol–water partition coefficient (Wildman–Crippen LogP) is 3.06. The molecule has 11 heteroatoms. The molecule has 48 heavy (non-hydrogen) atoms. The van der Waals surface area contributed by atoms with Crippen LogP contribution in [0, 0.1) is 11.8 Å². The van der Waals surface area contributed by atoms with E-state index in [0.717, 1.165) is 56.9 Å². The number of Topliss-reactive ketones (excluding diaryl/α,β-unsaturated/α-hetero) is 1. The zero-order valence-corrected chi connectivity index (χ0v) is 29.3. The van der Waals surface area contributed by atoms with E-state index in [1.807, 2.05) is 35.6 Å². The summed E-state index contributed by atoms with van der Waals surface area (Å²) in [6.45, 7) is 11.0. The smallest absolute Gasteiger partial charge is 0.365 e. The molecule has 0 spiro atoms. The van der Waals surface area contributed by atoms with Crippen molar-refractivity contribution in [2.24, 2.45) is 11.8 Å². The van der Waals surface area contributed by atoms with E-state index in [1.165, 1.54) is 6.92 Å². The van der Waals surface area contributed by atoms with Crippen LogP contribution in [0.5, 0.6) is 0 Å². The third-order valence-corrected chi connectivity index (χ3v) is 8.30. The molecule has 2 aliphatic rings. The van der Waals surface area contributed by atoms with Gasteiger partial charge in [-0.1, -0.05) is 106 Å². The Labute approximate surface area is 303 Å². The minimum absolute atomic E-state index is 0. The molecule has 1 amide bonds. The molecule has 0 bridgehead atoms. The van der Waals surface area contributed by atoms with Gasteiger partial charge in [-0.3, -0.25) is 14.4 Å². The molecule has 2 saturated heterocycles. The minimum Gasteiger partial charge on any atom is -1.00 e. The molecular weight excluding hydrogens is 655 g/mol. The second-order valence-corrected chi connectivity index (χ2v) is 12.3. The number of carbonyl (C=O) groups excluding carboxylic acids is 4. The summed E-state index contributed by atoms with van der Waals surface area (Å²) < 4.78 is 5.18. The number of likely N-dealkylation sites (tertiary alicyclic amines) is 1. The van der Waals surface area contributed by atoms with E-state index >= 15 is 0 Å². The van der Waals surface area contributed by atoms with Gasteiger partial charge in [0.1, 0.15) is 19.3 Å². The number of aliphatic hydroxyl groups excluding tert-OH is 2. The van der Waals surface area contributed by atoms with Gasteiger partial charge < -0.3 is 37.6 Å². The van der Waals surface area contributed by atoms with E-state index in [2.05, 4.69) is 27.7 Å². The number of hydrogen-bond donors (Lipinski definition) is 3. The first-order valence-corrected chi connectivity index (χ1v) is 16.8. The standard InChI is InChI=1S/C14H25NO3.C12H15NO3.C8H15ClO.3CH4.ClH/c1-4-6-11(7-5-2)14(18)15-9-12(17)8-13(15)10(3)16;14-10-6-11(13-7-10)12(15)16-8-9-4-2-1-3-5-9;1-3-5-7(6-4-2)8(9)10;;;;/h11-13,17H,4-9H2,1-3H3;1-5,10-11,13-14H,6-8H2;7H,3-6H2,1-2H3;3*1H4;1H/t12-,13+;10-,11+;;;;;/m11...../s1. The van der Waals surface area contributed by atoms with Crippen LogP contribution in [0.2, 0.25) is 0 Å². The summed E-state index contributed by atoms with van der Waals surface area (Å²) in [5, 5.41) is 20.6. The van der Waals surface area contributed by atoms with Crippen LogP contribution in [-0.2, 0) is 30.5 Å². The Balaban J connectivity index is -0.000000301. The third-order valence-electron chi connectivity index (χ3n) is 8.00. The summed E-state index contributed by atoms with van der Waals surface area (Å²) in [6, 6.07) is 8.93. The van der Waals surface area contributed by atoms with E-state index in [1.54, 1.807) is 4.90 Å². The molecule has 3 rings (SSSR count). The van der Waals surface area contributed by atoms with Crippen LogP contribution in [0.3, 0.4) is 0 Å². The van der Waals surface area contributed by atoms with E-state index < -0.39 is 12.1 Å². The van der Waals surface area contributed by atoms with Crippen LogP contribution in [0.15, 0.2) is 30.3 Å². The van der Waals surface area contributed by atoms with Gasteiger partial charge in [0, 0.05) is 31.2 Å². The monoisotopic (exact) mass is 722 g/mol. The highest BCUT2D eigenvalue weighted by Crippen LogP contribution is 2.25. The molecule has 2 fully saturated rings. The zero-order valence-electron chi connectivity index (χ0n) is 27.8. The van der Waals surface area contributed by atoms with Crippen molar-refractivity contribution in [3.8, 4) is 0 Å². The van der Waals surface area contributed by atoms with Crippen LogP contribution in [0.4, 0.5) is 0 Å². The van der Waals surface area contributed by atoms with E-state index in [9.17, 15) is 29.4 Å². The number of nitrogens with two attached hydrogens (primary N) is 1. The fourth-order valence-corrected chi connectivity index (χ4v) is 5.89. The number of quaternary nitrogens is 1. The van der Waals surface area contributed by atoms with Gasteiger partial charge in [-0.15, -0.1) is 0 Å². The Hall–Kier alpha value is -2.04. The highest BCUT2D eigenvalue weighted by atomic mass is 35.5. The first-order chi connectivity index (χ1) is 21.0. The number of rotatable bonds is 14. The highest BCUT2D eigenvalue weighted by molar-refractivity contribution is 6.63. The molecule has 1 aromatic rings. The lowest BCUT2D eigenvalue weighted by molar-refractivity contribution is -0.661. The lowest BCUT2D eigenvalue weighted by Crippen LogP contribution is -3.00. The number of esters is 1. The van der Waals surface area contributed by atoms with Crippen molar-refractivity contribution >= 4 is 34.5 Å². The largest absolute Gasteiger partial charge is 1.00 e. The first-order valence-electron chi connectivity index (χ1n) is 16.4. The van der Waals surface area contributed by atoms with Gasteiger partial charge in [0.05, 0.1) is 12.1 Å². The van der Waals surface area contributed by atoms with Gasteiger partial charge in [-0.2, -0.15) is 0 Å². The highest BCUT2D eigenvalue weighted by Gasteiger charge is 2.39. The van der Waals surface area contributed by atoms with Gasteiger partial charge in [-0.25, -0.2) is 4.79 Å². The van der Waals surface area contributed by atoms with E-state index in [4.69, 9.17) is 16.3 Å². The summed E-state index contributed by atoms with van der Waals surface area (Å²) >= 11 is 5.36. The Kier molecular flexibility index (Phi) is 32.8. The Morgan fingerprint density at radius 1 is 0.854 bits per heavy atom. The molecule has 282 valence electrons. The number of ketones is 1. The Morgan fingerprint density at radius 3 is 1.77 bits per heavy atom. The fraction of sp³-hybridized carbons (Fsp3) is 0.730. The molecular formula is C37H68Cl2N2O7.